The number of aliphatic hydroxyl groups excluding tert-OH is 1. The Hall–Kier alpha value is -2.14. The molecule has 0 unspecified atom stereocenters. The molecule has 1 aromatic heterocycles. The van der Waals surface area contributed by atoms with Crippen molar-refractivity contribution in [1.82, 2.24) is 9.88 Å². The Morgan fingerprint density at radius 3 is 2.67 bits per heavy atom. The highest BCUT2D eigenvalue weighted by atomic mass is 19.1. The third-order valence-corrected chi connectivity index (χ3v) is 3.96. The number of rotatable bonds is 2. The Morgan fingerprint density at radius 1 is 1.33 bits per heavy atom. The SMILES string of the molecule is Cc1cc[nH]c1C(=O)N1C[C@H](O)C[C@H]1c1ccc(F)cc1. The van der Waals surface area contributed by atoms with Gasteiger partial charge in [0, 0.05) is 12.7 Å². The molecular formula is C16H17FN2O2. The molecule has 2 N–H and O–H groups in total. The zero-order chi connectivity index (χ0) is 15.0. The van der Waals surface area contributed by atoms with Crippen LogP contribution in [0.5, 0.6) is 0 Å². The first-order chi connectivity index (χ1) is 10.1. The van der Waals surface area contributed by atoms with Crippen LogP contribution in [0.2, 0.25) is 0 Å². The summed E-state index contributed by atoms with van der Waals surface area (Å²) in [5, 5.41) is 9.92. The van der Waals surface area contributed by atoms with Crippen LogP contribution in [0.3, 0.4) is 0 Å². The van der Waals surface area contributed by atoms with Gasteiger partial charge in [-0.25, -0.2) is 4.39 Å². The van der Waals surface area contributed by atoms with Gasteiger partial charge in [0.1, 0.15) is 11.5 Å². The summed E-state index contributed by atoms with van der Waals surface area (Å²) < 4.78 is 13.0. The van der Waals surface area contributed by atoms with Crippen molar-refractivity contribution in [3.63, 3.8) is 0 Å². The minimum absolute atomic E-state index is 0.136. The summed E-state index contributed by atoms with van der Waals surface area (Å²) in [6.07, 6.45) is 1.64. The zero-order valence-corrected chi connectivity index (χ0v) is 11.7. The Morgan fingerprint density at radius 2 is 2.05 bits per heavy atom. The predicted molar refractivity (Wildman–Crippen MR) is 76.3 cm³/mol. The molecule has 3 rings (SSSR count). The molecule has 1 amide bonds. The number of H-pyrrole nitrogens is 1. The number of aryl methyl sites for hydroxylation is 1. The van der Waals surface area contributed by atoms with E-state index in [0.29, 0.717) is 18.7 Å². The molecule has 5 heteroatoms. The van der Waals surface area contributed by atoms with Crippen LogP contribution in [0.1, 0.15) is 34.1 Å². The number of carbonyl (C=O) groups is 1. The number of aromatic nitrogens is 1. The molecule has 1 aliphatic rings. The molecular weight excluding hydrogens is 271 g/mol. The van der Waals surface area contributed by atoms with E-state index in [4.69, 9.17) is 0 Å². The summed E-state index contributed by atoms with van der Waals surface area (Å²) in [6, 6.07) is 7.70. The van der Waals surface area contributed by atoms with Gasteiger partial charge in [0.15, 0.2) is 0 Å². The molecule has 21 heavy (non-hydrogen) atoms. The largest absolute Gasteiger partial charge is 0.391 e. The molecule has 0 bridgehead atoms. The van der Waals surface area contributed by atoms with Gasteiger partial charge in [-0.1, -0.05) is 12.1 Å². The molecule has 0 radical (unpaired) electrons. The van der Waals surface area contributed by atoms with Gasteiger partial charge in [-0.3, -0.25) is 4.79 Å². The average Bonchev–Trinajstić information content (AvgIpc) is 3.05. The number of benzene rings is 1. The van der Waals surface area contributed by atoms with Crippen molar-refractivity contribution in [3.05, 3.63) is 59.2 Å². The molecule has 110 valence electrons. The van der Waals surface area contributed by atoms with Crippen LogP contribution in [-0.4, -0.2) is 33.5 Å². The van der Waals surface area contributed by atoms with E-state index in [1.807, 2.05) is 13.0 Å². The van der Waals surface area contributed by atoms with Crippen LogP contribution in [0, 0.1) is 12.7 Å². The second kappa shape index (κ2) is 5.33. The lowest BCUT2D eigenvalue weighted by molar-refractivity contribution is 0.0710. The second-order valence-electron chi connectivity index (χ2n) is 5.45. The van der Waals surface area contributed by atoms with Crippen LogP contribution in [0.15, 0.2) is 36.5 Å². The number of aliphatic hydroxyl groups is 1. The maximum absolute atomic E-state index is 13.0. The first-order valence-corrected chi connectivity index (χ1v) is 6.94. The van der Waals surface area contributed by atoms with E-state index in [1.54, 1.807) is 23.2 Å². The molecule has 2 atom stereocenters. The first kappa shape index (κ1) is 13.8. The average molecular weight is 288 g/mol. The number of carbonyl (C=O) groups excluding carboxylic acids is 1. The Bertz CT molecular complexity index is 651. The van der Waals surface area contributed by atoms with E-state index in [-0.39, 0.29) is 17.8 Å². The zero-order valence-electron chi connectivity index (χ0n) is 11.7. The normalized spacial score (nSPS) is 21.8. The fraction of sp³-hybridized carbons (Fsp3) is 0.312. The molecule has 1 aliphatic heterocycles. The van der Waals surface area contributed by atoms with Crippen LogP contribution >= 0.6 is 0 Å². The number of aromatic amines is 1. The van der Waals surface area contributed by atoms with E-state index in [9.17, 15) is 14.3 Å². The maximum atomic E-state index is 13.0. The van der Waals surface area contributed by atoms with Crippen molar-refractivity contribution >= 4 is 5.91 Å². The maximum Gasteiger partial charge on any atom is 0.271 e. The summed E-state index contributed by atoms with van der Waals surface area (Å²) >= 11 is 0. The van der Waals surface area contributed by atoms with Gasteiger partial charge in [0.25, 0.3) is 5.91 Å². The third-order valence-electron chi connectivity index (χ3n) is 3.96. The van der Waals surface area contributed by atoms with Crippen molar-refractivity contribution in [3.8, 4) is 0 Å². The van der Waals surface area contributed by atoms with Gasteiger partial charge in [-0.15, -0.1) is 0 Å². The summed E-state index contributed by atoms with van der Waals surface area (Å²) in [4.78, 5) is 17.2. The summed E-state index contributed by atoms with van der Waals surface area (Å²) in [6.45, 7) is 2.16. The molecule has 1 fully saturated rings. The van der Waals surface area contributed by atoms with Crippen molar-refractivity contribution in [1.29, 1.82) is 0 Å². The van der Waals surface area contributed by atoms with E-state index >= 15 is 0 Å². The predicted octanol–water partition coefficient (Wildman–Crippen LogP) is 2.41. The topological polar surface area (TPSA) is 56.3 Å². The van der Waals surface area contributed by atoms with Crippen molar-refractivity contribution in [2.45, 2.75) is 25.5 Å². The van der Waals surface area contributed by atoms with Crippen LogP contribution in [-0.2, 0) is 0 Å². The molecule has 2 aromatic rings. The third kappa shape index (κ3) is 2.56. The summed E-state index contributed by atoms with van der Waals surface area (Å²) in [7, 11) is 0. The summed E-state index contributed by atoms with van der Waals surface area (Å²) in [5.41, 5.74) is 2.25. The van der Waals surface area contributed by atoms with Crippen LogP contribution < -0.4 is 0 Å². The Kier molecular flexibility index (Phi) is 3.51. The van der Waals surface area contributed by atoms with Gasteiger partial charge in [-0.2, -0.15) is 0 Å². The molecule has 1 saturated heterocycles. The first-order valence-electron chi connectivity index (χ1n) is 6.94. The fourth-order valence-electron chi connectivity index (χ4n) is 2.86. The molecule has 0 spiro atoms. The number of likely N-dealkylation sites (tertiary alicyclic amines) is 1. The van der Waals surface area contributed by atoms with E-state index < -0.39 is 6.10 Å². The van der Waals surface area contributed by atoms with Gasteiger partial charge in [0.2, 0.25) is 0 Å². The smallest absolute Gasteiger partial charge is 0.271 e. The number of amides is 1. The Labute approximate surface area is 122 Å². The molecule has 4 nitrogen and oxygen atoms in total. The quantitative estimate of drug-likeness (QED) is 0.891. The van der Waals surface area contributed by atoms with Gasteiger partial charge in [0.05, 0.1) is 12.1 Å². The van der Waals surface area contributed by atoms with Gasteiger partial charge < -0.3 is 15.0 Å². The highest BCUT2D eigenvalue weighted by Gasteiger charge is 2.36. The van der Waals surface area contributed by atoms with Crippen molar-refractivity contribution in [2.75, 3.05) is 6.54 Å². The minimum Gasteiger partial charge on any atom is -0.391 e. The standard InChI is InChI=1S/C16H17FN2O2/c1-10-6-7-18-15(10)16(21)19-9-13(20)8-14(19)11-2-4-12(17)5-3-11/h2-7,13-14,18,20H,8-9H2,1H3/t13-,14+/m1/s1. The molecule has 2 heterocycles. The number of halogens is 1. The number of nitrogens with zero attached hydrogens (tertiary/aromatic N) is 1. The van der Waals surface area contributed by atoms with Crippen molar-refractivity contribution in [2.24, 2.45) is 0 Å². The number of β-amino-alcohol motifs (C(OH)–C–C–N with tert-alkyl or cyclic N) is 1. The number of hydrogen-bond donors (Lipinski definition) is 2. The summed E-state index contributed by atoms with van der Waals surface area (Å²) in [5.74, 6) is -0.446. The lowest BCUT2D eigenvalue weighted by atomic mass is 10.0. The Balaban J connectivity index is 1.91. The molecule has 0 aliphatic carbocycles. The second-order valence-corrected chi connectivity index (χ2v) is 5.45. The van der Waals surface area contributed by atoms with Gasteiger partial charge in [-0.05, 0) is 42.7 Å². The highest BCUT2D eigenvalue weighted by Crippen LogP contribution is 2.33. The monoisotopic (exact) mass is 288 g/mol. The van der Waals surface area contributed by atoms with E-state index in [1.165, 1.54) is 12.1 Å². The van der Waals surface area contributed by atoms with Crippen molar-refractivity contribution < 1.29 is 14.3 Å². The lowest BCUT2D eigenvalue weighted by Gasteiger charge is -2.24. The van der Waals surface area contributed by atoms with Crippen LogP contribution in [0.25, 0.3) is 0 Å². The van der Waals surface area contributed by atoms with E-state index in [2.05, 4.69) is 4.98 Å². The molecule has 0 saturated carbocycles. The fourth-order valence-corrected chi connectivity index (χ4v) is 2.86. The number of nitrogens with one attached hydrogen (secondary N) is 1. The lowest BCUT2D eigenvalue weighted by Crippen LogP contribution is -2.32. The minimum atomic E-state index is -0.556. The number of hydrogen-bond acceptors (Lipinski definition) is 2. The van der Waals surface area contributed by atoms with Gasteiger partial charge >= 0.3 is 0 Å². The van der Waals surface area contributed by atoms with Crippen LogP contribution in [0.4, 0.5) is 4.39 Å². The van der Waals surface area contributed by atoms with E-state index in [0.717, 1.165) is 11.1 Å². The molecule has 1 aromatic carbocycles. The highest BCUT2D eigenvalue weighted by molar-refractivity contribution is 5.94.